The molecule has 0 aliphatic carbocycles. The Balaban J connectivity index is 1.94. The van der Waals surface area contributed by atoms with E-state index in [-0.39, 0.29) is 55.5 Å². The minimum absolute atomic E-state index is 0.0561. The average Bonchev–Trinajstić information content (AvgIpc) is 3.66. The SMILES string of the molecule is CCC(=O)OCN(C(=O)C(NC(=O)C1CCCCN1C)C(C)CC)C(CC(OC(C)=O)c1nc(C(=O)NC(Cc2ccccc2)CC(C)C(=O)O)cs1)C(C)C. The number of ether oxygens (including phenoxy) is 2. The molecule has 2 aromatic rings. The summed E-state index contributed by atoms with van der Waals surface area (Å²) in [5.74, 6) is -4.44. The molecule has 1 aliphatic heterocycles. The Kier molecular flexibility index (Phi) is 18.4. The zero-order valence-corrected chi connectivity index (χ0v) is 34.9. The molecule has 3 rings (SSSR count). The molecule has 1 saturated heterocycles. The number of likely N-dealkylation sites (N-methyl/N-ethyl adjacent to an activating group) is 1. The Labute approximate surface area is 335 Å². The first-order valence-corrected chi connectivity index (χ1v) is 20.6. The Morgan fingerprint density at radius 1 is 1.02 bits per heavy atom. The largest absolute Gasteiger partial charge is 0.481 e. The summed E-state index contributed by atoms with van der Waals surface area (Å²) in [5, 5.41) is 17.4. The molecule has 0 saturated carbocycles. The number of benzene rings is 1. The molecule has 3 amide bonds. The van der Waals surface area contributed by atoms with Gasteiger partial charge in [0, 0.05) is 37.2 Å². The lowest BCUT2D eigenvalue weighted by Gasteiger charge is -2.39. The van der Waals surface area contributed by atoms with Gasteiger partial charge in [0.15, 0.2) is 12.8 Å². The maximum atomic E-state index is 14.7. The lowest BCUT2D eigenvalue weighted by Crippen LogP contribution is -2.59. The summed E-state index contributed by atoms with van der Waals surface area (Å²) >= 11 is 1.12. The third-order valence-electron chi connectivity index (χ3n) is 10.5. The van der Waals surface area contributed by atoms with Crippen molar-refractivity contribution < 1.29 is 43.3 Å². The molecule has 1 aromatic carbocycles. The van der Waals surface area contributed by atoms with Crippen LogP contribution in [-0.2, 0) is 39.9 Å². The summed E-state index contributed by atoms with van der Waals surface area (Å²) in [7, 11) is 1.90. The van der Waals surface area contributed by atoms with Crippen molar-refractivity contribution >= 4 is 47.0 Å². The Morgan fingerprint density at radius 3 is 2.30 bits per heavy atom. The number of carboxylic acids is 1. The molecule has 0 radical (unpaired) electrons. The number of rotatable bonds is 21. The van der Waals surface area contributed by atoms with E-state index in [9.17, 15) is 33.9 Å². The number of aromatic nitrogens is 1. The fraction of sp³-hybridized carbons (Fsp3) is 0.634. The van der Waals surface area contributed by atoms with E-state index in [1.807, 2.05) is 70.0 Å². The number of nitrogens with one attached hydrogen (secondary N) is 2. The van der Waals surface area contributed by atoms with E-state index in [1.165, 1.54) is 11.8 Å². The minimum Gasteiger partial charge on any atom is -0.481 e. The summed E-state index contributed by atoms with van der Waals surface area (Å²) in [6.45, 7) is 12.5. The highest BCUT2D eigenvalue weighted by Crippen LogP contribution is 2.32. The van der Waals surface area contributed by atoms with Crippen molar-refractivity contribution in [1.29, 1.82) is 0 Å². The maximum absolute atomic E-state index is 14.7. The second-order valence-corrected chi connectivity index (χ2v) is 16.1. The third kappa shape index (κ3) is 13.7. The molecule has 15 heteroatoms. The van der Waals surface area contributed by atoms with Crippen molar-refractivity contribution in [2.45, 2.75) is 130 Å². The van der Waals surface area contributed by atoms with Crippen LogP contribution in [0.4, 0.5) is 0 Å². The van der Waals surface area contributed by atoms with Crippen molar-refractivity contribution in [3.05, 3.63) is 52.0 Å². The number of carbonyl (C=O) groups is 6. The third-order valence-corrected chi connectivity index (χ3v) is 11.4. The van der Waals surface area contributed by atoms with E-state index in [0.29, 0.717) is 24.3 Å². The van der Waals surface area contributed by atoms with Gasteiger partial charge in [0.05, 0.1) is 12.0 Å². The van der Waals surface area contributed by atoms with Gasteiger partial charge in [-0.25, -0.2) is 4.98 Å². The van der Waals surface area contributed by atoms with Gasteiger partial charge in [0.1, 0.15) is 16.7 Å². The number of hydrogen-bond donors (Lipinski definition) is 3. The number of aliphatic carboxylic acids is 1. The number of likely N-dealkylation sites (tertiary alicyclic amines) is 1. The van der Waals surface area contributed by atoms with Gasteiger partial charge >= 0.3 is 17.9 Å². The topological polar surface area (TPSA) is 185 Å². The first kappa shape index (κ1) is 46.0. The molecular weight excluding hydrogens is 739 g/mol. The highest BCUT2D eigenvalue weighted by atomic mass is 32.1. The zero-order chi connectivity index (χ0) is 41.5. The van der Waals surface area contributed by atoms with Crippen molar-refractivity contribution in [2.75, 3.05) is 20.3 Å². The molecule has 7 atom stereocenters. The monoisotopic (exact) mass is 799 g/mol. The van der Waals surface area contributed by atoms with Crippen LogP contribution in [0.1, 0.15) is 121 Å². The van der Waals surface area contributed by atoms with Crippen LogP contribution in [0.15, 0.2) is 35.7 Å². The summed E-state index contributed by atoms with van der Waals surface area (Å²) < 4.78 is 11.4. The molecule has 1 aliphatic rings. The summed E-state index contributed by atoms with van der Waals surface area (Å²) in [5.41, 5.74) is 1.01. The molecule has 7 unspecified atom stereocenters. The molecule has 310 valence electrons. The number of esters is 2. The molecule has 1 aromatic heterocycles. The van der Waals surface area contributed by atoms with Gasteiger partial charge in [0.2, 0.25) is 11.8 Å². The molecule has 14 nitrogen and oxygen atoms in total. The van der Waals surface area contributed by atoms with Crippen LogP contribution >= 0.6 is 11.3 Å². The van der Waals surface area contributed by atoms with Crippen molar-refractivity contribution in [3.63, 3.8) is 0 Å². The maximum Gasteiger partial charge on any atom is 0.307 e. The van der Waals surface area contributed by atoms with E-state index in [2.05, 4.69) is 15.6 Å². The standard InChI is InChI=1S/C41H61N5O9S/c1-9-26(5)36(44-38(50)32-18-14-15-19-45(32)8)40(51)46(24-54-35(48)10-2)33(25(3)4)22-34(55-28(7)47)39-43-31(23-56-39)37(49)42-30(20-27(6)41(52)53)21-29-16-12-11-13-17-29/h11-13,16-17,23,25-27,30,32-34,36H,9-10,14-15,18-22,24H2,1-8H3,(H,42,49)(H,44,50)(H,52,53). The van der Waals surface area contributed by atoms with Crippen LogP contribution in [0, 0.1) is 17.8 Å². The van der Waals surface area contributed by atoms with E-state index in [1.54, 1.807) is 19.2 Å². The quantitative estimate of drug-likeness (QED) is 0.109. The molecule has 1 fully saturated rings. The Morgan fingerprint density at radius 2 is 1.71 bits per heavy atom. The van der Waals surface area contributed by atoms with Crippen LogP contribution in [0.25, 0.3) is 0 Å². The van der Waals surface area contributed by atoms with Crippen LogP contribution in [0.5, 0.6) is 0 Å². The predicted octanol–water partition coefficient (Wildman–Crippen LogP) is 5.37. The lowest BCUT2D eigenvalue weighted by atomic mass is 9.92. The van der Waals surface area contributed by atoms with Crippen molar-refractivity contribution in [1.82, 2.24) is 25.4 Å². The van der Waals surface area contributed by atoms with Gasteiger partial charge in [-0.05, 0) is 56.7 Å². The summed E-state index contributed by atoms with van der Waals surface area (Å²) in [6.07, 6.45) is 2.96. The zero-order valence-electron chi connectivity index (χ0n) is 34.1. The Bertz CT molecular complexity index is 1620. The van der Waals surface area contributed by atoms with Gasteiger partial charge in [-0.1, -0.05) is 84.7 Å². The predicted molar refractivity (Wildman–Crippen MR) is 212 cm³/mol. The first-order valence-electron chi connectivity index (χ1n) is 19.7. The second-order valence-electron chi connectivity index (χ2n) is 15.2. The van der Waals surface area contributed by atoms with Gasteiger partial charge in [-0.15, -0.1) is 11.3 Å². The van der Waals surface area contributed by atoms with E-state index >= 15 is 0 Å². The molecular formula is C41H61N5O9S. The van der Waals surface area contributed by atoms with Crippen LogP contribution in [-0.4, -0.2) is 100 Å². The van der Waals surface area contributed by atoms with Crippen molar-refractivity contribution in [2.24, 2.45) is 17.8 Å². The fourth-order valence-corrected chi connectivity index (χ4v) is 7.72. The number of hydrogen-bond acceptors (Lipinski definition) is 11. The Hall–Kier alpha value is -4.37. The number of carbonyl (C=O) groups excluding carboxylic acids is 5. The smallest absolute Gasteiger partial charge is 0.307 e. The average molecular weight is 800 g/mol. The summed E-state index contributed by atoms with van der Waals surface area (Å²) in [6, 6.07) is 7.00. The van der Waals surface area contributed by atoms with E-state index in [4.69, 9.17) is 9.47 Å². The second kappa shape index (κ2) is 22.4. The van der Waals surface area contributed by atoms with Gasteiger partial charge in [-0.3, -0.25) is 33.7 Å². The number of carboxylic acid groups (broad SMARTS) is 1. The van der Waals surface area contributed by atoms with Crippen LogP contribution in [0.3, 0.4) is 0 Å². The normalized spacial score (nSPS) is 17.8. The van der Waals surface area contributed by atoms with Gasteiger partial charge < -0.3 is 30.1 Å². The van der Waals surface area contributed by atoms with E-state index in [0.717, 1.165) is 36.3 Å². The number of thiazole rings is 1. The first-order chi connectivity index (χ1) is 26.6. The minimum atomic E-state index is -0.983. The van der Waals surface area contributed by atoms with E-state index < -0.39 is 59.9 Å². The van der Waals surface area contributed by atoms with Crippen molar-refractivity contribution in [3.8, 4) is 0 Å². The molecule has 0 bridgehead atoms. The highest BCUT2D eigenvalue weighted by molar-refractivity contribution is 7.09. The highest BCUT2D eigenvalue weighted by Gasteiger charge is 2.39. The summed E-state index contributed by atoms with van der Waals surface area (Å²) in [4.78, 5) is 86.6. The molecule has 3 N–H and O–H groups in total. The van der Waals surface area contributed by atoms with Crippen LogP contribution < -0.4 is 10.6 Å². The molecule has 56 heavy (non-hydrogen) atoms. The number of nitrogens with zero attached hydrogens (tertiary/aromatic N) is 3. The van der Waals surface area contributed by atoms with Gasteiger partial charge in [0.25, 0.3) is 5.91 Å². The number of piperidine rings is 1. The molecule has 2 heterocycles. The number of amides is 3. The fourth-order valence-electron chi connectivity index (χ4n) is 6.88. The lowest BCUT2D eigenvalue weighted by molar-refractivity contribution is -0.160. The van der Waals surface area contributed by atoms with Gasteiger partial charge in [-0.2, -0.15) is 0 Å². The van der Waals surface area contributed by atoms with Crippen LogP contribution in [0.2, 0.25) is 0 Å². The molecule has 0 spiro atoms.